The number of benzene rings is 1. The number of likely N-dealkylation sites (tertiary alicyclic amines) is 2. The first kappa shape index (κ1) is 21.4. The molecule has 2 amide bonds. The van der Waals surface area contributed by atoms with Gasteiger partial charge in [-0.2, -0.15) is 0 Å². The largest absolute Gasteiger partial charge is 0.337 e. The minimum absolute atomic E-state index is 0.103. The molecule has 5 rings (SSSR count). The standard InChI is InChI=1S/C27H25N3O2S/c31-25(12-9-21-6-2-1-3-7-21)29-17-13-27(14-18-29)15-19-30(20-27)26(32)24-11-10-23(33-24)22-8-4-5-16-28-22/h1-8,10-11,16H,13-15,17-20H2. The number of hydrogen-bond donors (Lipinski definition) is 0. The van der Waals surface area contributed by atoms with Crippen molar-refractivity contribution in [3.8, 4) is 22.4 Å². The van der Waals surface area contributed by atoms with Crippen molar-refractivity contribution in [2.75, 3.05) is 26.2 Å². The van der Waals surface area contributed by atoms with Crippen LogP contribution in [0.25, 0.3) is 10.6 Å². The van der Waals surface area contributed by atoms with Gasteiger partial charge in [0.25, 0.3) is 11.8 Å². The van der Waals surface area contributed by atoms with Gasteiger partial charge in [0.1, 0.15) is 0 Å². The van der Waals surface area contributed by atoms with E-state index in [-0.39, 0.29) is 17.2 Å². The molecule has 1 spiro atoms. The molecule has 4 heterocycles. The first-order chi connectivity index (χ1) is 16.1. The lowest BCUT2D eigenvalue weighted by Gasteiger charge is -2.38. The molecule has 2 aliphatic rings. The van der Waals surface area contributed by atoms with E-state index in [1.54, 1.807) is 6.20 Å². The number of carbonyl (C=O) groups excluding carboxylic acids is 2. The van der Waals surface area contributed by atoms with Crippen LogP contribution >= 0.6 is 11.3 Å². The summed E-state index contributed by atoms with van der Waals surface area (Å²) in [6.07, 6.45) is 4.60. The minimum Gasteiger partial charge on any atom is -0.337 e. The molecule has 2 saturated heterocycles. The van der Waals surface area contributed by atoms with Crippen LogP contribution in [0.3, 0.4) is 0 Å². The first-order valence-electron chi connectivity index (χ1n) is 11.3. The van der Waals surface area contributed by atoms with E-state index in [0.29, 0.717) is 13.1 Å². The summed E-state index contributed by atoms with van der Waals surface area (Å²) in [5.74, 6) is 5.73. The second kappa shape index (κ2) is 9.21. The number of amides is 2. The van der Waals surface area contributed by atoms with Crippen LogP contribution in [-0.2, 0) is 4.79 Å². The van der Waals surface area contributed by atoms with Crippen LogP contribution in [0.2, 0.25) is 0 Å². The summed E-state index contributed by atoms with van der Waals surface area (Å²) < 4.78 is 0. The van der Waals surface area contributed by atoms with Gasteiger partial charge in [-0.15, -0.1) is 11.3 Å². The molecule has 166 valence electrons. The van der Waals surface area contributed by atoms with Gasteiger partial charge < -0.3 is 9.80 Å². The van der Waals surface area contributed by atoms with Crippen LogP contribution in [-0.4, -0.2) is 52.8 Å². The van der Waals surface area contributed by atoms with Gasteiger partial charge in [-0.1, -0.05) is 30.2 Å². The highest BCUT2D eigenvalue weighted by atomic mass is 32.1. The van der Waals surface area contributed by atoms with Gasteiger partial charge in [0.2, 0.25) is 0 Å². The number of piperidine rings is 1. The molecule has 33 heavy (non-hydrogen) atoms. The van der Waals surface area contributed by atoms with Crippen molar-refractivity contribution in [1.29, 1.82) is 0 Å². The maximum absolute atomic E-state index is 13.1. The van der Waals surface area contributed by atoms with Gasteiger partial charge >= 0.3 is 0 Å². The molecule has 0 bridgehead atoms. The molecule has 2 aromatic heterocycles. The van der Waals surface area contributed by atoms with Crippen LogP contribution in [0, 0.1) is 17.3 Å². The Morgan fingerprint density at radius 2 is 1.61 bits per heavy atom. The number of thiophene rings is 1. The number of nitrogens with zero attached hydrogens (tertiary/aromatic N) is 3. The van der Waals surface area contributed by atoms with Gasteiger partial charge in [0.15, 0.2) is 0 Å². The highest BCUT2D eigenvalue weighted by Crippen LogP contribution is 2.41. The van der Waals surface area contributed by atoms with Gasteiger partial charge in [-0.3, -0.25) is 14.6 Å². The molecule has 0 atom stereocenters. The maximum Gasteiger partial charge on any atom is 0.298 e. The van der Waals surface area contributed by atoms with Crippen LogP contribution in [0.5, 0.6) is 0 Å². The van der Waals surface area contributed by atoms with Crippen molar-refractivity contribution < 1.29 is 9.59 Å². The highest BCUT2D eigenvalue weighted by Gasteiger charge is 2.43. The molecular formula is C27H25N3O2S. The molecule has 2 fully saturated rings. The van der Waals surface area contributed by atoms with Crippen LogP contribution in [0.4, 0.5) is 0 Å². The summed E-state index contributed by atoms with van der Waals surface area (Å²) in [5.41, 5.74) is 1.86. The summed E-state index contributed by atoms with van der Waals surface area (Å²) in [7, 11) is 0. The molecular weight excluding hydrogens is 430 g/mol. The molecule has 6 heteroatoms. The predicted octanol–water partition coefficient (Wildman–Crippen LogP) is 4.32. The van der Waals surface area contributed by atoms with Crippen LogP contribution in [0.15, 0.2) is 66.9 Å². The van der Waals surface area contributed by atoms with Gasteiger partial charge in [-0.25, -0.2) is 0 Å². The highest BCUT2D eigenvalue weighted by molar-refractivity contribution is 7.17. The molecule has 0 unspecified atom stereocenters. The summed E-state index contributed by atoms with van der Waals surface area (Å²) in [6.45, 7) is 2.94. The molecule has 0 radical (unpaired) electrons. The third-order valence-corrected chi connectivity index (χ3v) is 7.75. The fourth-order valence-corrected chi connectivity index (χ4v) is 5.63. The second-order valence-electron chi connectivity index (χ2n) is 8.76. The van der Waals surface area contributed by atoms with E-state index in [2.05, 4.69) is 16.8 Å². The monoisotopic (exact) mass is 455 g/mol. The number of pyridine rings is 1. The second-order valence-corrected chi connectivity index (χ2v) is 9.85. The van der Waals surface area contributed by atoms with Crippen molar-refractivity contribution in [3.63, 3.8) is 0 Å². The summed E-state index contributed by atoms with van der Waals surface area (Å²) in [6, 6.07) is 19.3. The molecule has 1 aromatic carbocycles. The van der Waals surface area contributed by atoms with Crippen molar-refractivity contribution >= 4 is 23.2 Å². The van der Waals surface area contributed by atoms with Crippen molar-refractivity contribution in [2.24, 2.45) is 5.41 Å². The molecule has 0 aliphatic carbocycles. The van der Waals surface area contributed by atoms with Crippen LogP contribution < -0.4 is 0 Å². The van der Waals surface area contributed by atoms with E-state index in [0.717, 1.165) is 53.4 Å². The zero-order chi connectivity index (χ0) is 22.7. The number of hydrogen-bond acceptors (Lipinski definition) is 4. The van der Waals surface area contributed by atoms with Crippen molar-refractivity contribution in [1.82, 2.24) is 14.8 Å². The zero-order valence-corrected chi connectivity index (χ0v) is 19.2. The quantitative estimate of drug-likeness (QED) is 0.541. The average molecular weight is 456 g/mol. The Hall–Kier alpha value is -3.43. The normalized spacial score (nSPS) is 17.0. The average Bonchev–Trinajstić information content (AvgIpc) is 3.52. The van der Waals surface area contributed by atoms with Crippen molar-refractivity contribution in [2.45, 2.75) is 19.3 Å². The minimum atomic E-state index is -0.111. The SMILES string of the molecule is O=C(C#Cc1ccccc1)N1CCC2(CC1)CCN(C(=O)c1ccc(-c3ccccn3)s1)C2. The molecule has 0 N–H and O–H groups in total. The summed E-state index contributed by atoms with van der Waals surface area (Å²) in [5, 5.41) is 0. The molecule has 5 nitrogen and oxygen atoms in total. The molecule has 2 aliphatic heterocycles. The van der Waals surface area contributed by atoms with Gasteiger partial charge in [0, 0.05) is 43.9 Å². The fraction of sp³-hybridized carbons (Fsp3) is 0.296. The van der Waals surface area contributed by atoms with Crippen molar-refractivity contribution in [3.05, 3.63) is 77.3 Å². The van der Waals surface area contributed by atoms with Gasteiger partial charge in [0.05, 0.1) is 15.4 Å². The summed E-state index contributed by atoms with van der Waals surface area (Å²) >= 11 is 1.50. The van der Waals surface area contributed by atoms with E-state index in [1.165, 1.54) is 11.3 Å². The Balaban J connectivity index is 1.18. The van der Waals surface area contributed by atoms with Gasteiger partial charge in [-0.05, 0) is 61.1 Å². The number of rotatable bonds is 2. The lowest BCUT2D eigenvalue weighted by atomic mass is 9.78. The fourth-order valence-electron chi connectivity index (χ4n) is 4.68. The van der Waals surface area contributed by atoms with E-state index in [1.807, 2.05) is 70.5 Å². The predicted molar refractivity (Wildman–Crippen MR) is 130 cm³/mol. The van der Waals surface area contributed by atoms with E-state index in [4.69, 9.17) is 0 Å². The Labute approximate surface area is 198 Å². The van der Waals surface area contributed by atoms with E-state index < -0.39 is 0 Å². The first-order valence-corrected chi connectivity index (χ1v) is 12.1. The van der Waals surface area contributed by atoms with E-state index in [9.17, 15) is 9.59 Å². The maximum atomic E-state index is 13.1. The Bertz CT molecular complexity index is 1200. The zero-order valence-electron chi connectivity index (χ0n) is 18.4. The lowest BCUT2D eigenvalue weighted by molar-refractivity contribution is -0.127. The molecule has 3 aromatic rings. The molecule has 0 saturated carbocycles. The Morgan fingerprint density at radius 1 is 0.879 bits per heavy atom. The lowest BCUT2D eigenvalue weighted by Crippen LogP contribution is -2.44. The smallest absolute Gasteiger partial charge is 0.298 e. The number of aromatic nitrogens is 1. The third-order valence-electron chi connectivity index (χ3n) is 6.66. The number of carbonyl (C=O) groups is 2. The summed E-state index contributed by atoms with van der Waals surface area (Å²) in [4.78, 5) is 35.7. The van der Waals surface area contributed by atoms with E-state index >= 15 is 0 Å². The Morgan fingerprint density at radius 3 is 2.33 bits per heavy atom. The third kappa shape index (κ3) is 4.69. The topological polar surface area (TPSA) is 53.5 Å². The van der Waals surface area contributed by atoms with Crippen LogP contribution in [0.1, 0.15) is 34.5 Å². The Kier molecular flexibility index (Phi) is 5.97.